The molecule has 126 valence electrons. The van der Waals surface area contributed by atoms with E-state index in [0.717, 1.165) is 0 Å². The first-order chi connectivity index (χ1) is 11.3. The van der Waals surface area contributed by atoms with E-state index in [1.54, 1.807) is 24.3 Å². The van der Waals surface area contributed by atoms with Gasteiger partial charge in [0.25, 0.3) is 0 Å². The van der Waals surface area contributed by atoms with Gasteiger partial charge in [-0.3, -0.25) is 4.79 Å². The summed E-state index contributed by atoms with van der Waals surface area (Å²) in [6.45, 7) is 8.29. The Morgan fingerprint density at radius 2 is 1.54 bits per heavy atom. The van der Waals surface area contributed by atoms with Gasteiger partial charge in [0.1, 0.15) is 0 Å². The largest absolute Gasteiger partial charge is 0.337 e. The first-order valence-corrected chi connectivity index (χ1v) is 8.01. The highest BCUT2D eigenvalue weighted by Crippen LogP contribution is 2.22. The van der Waals surface area contributed by atoms with E-state index >= 15 is 0 Å². The lowest BCUT2D eigenvalue weighted by atomic mass is 9.84. The molecule has 0 aliphatic rings. The number of amides is 2. The molecule has 0 saturated carbocycles. The molecule has 0 aromatic heterocycles. The molecule has 4 nitrogen and oxygen atoms in total. The monoisotopic (exact) mass is 324 g/mol. The molecule has 0 atom stereocenters. The summed E-state index contributed by atoms with van der Waals surface area (Å²) in [4.78, 5) is 23.3. The van der Waals surface area contributed by atoms with Crippen molar-refractivity contribution in [3.8, 4) is 0 Å². The Balaban J connectivity index is 1.92. The lowest BCUT2D eigenvalue weighted by Gasteiger charge is -2.26. The Labute approximate surface area is 143 Å². The zero-order valence-electron chi connectivity index (χ0n) is 14.6. The summed E-state index contributed by atoms with van der Waals surface area (Å²) in [5, 5.41) is 5.68. The average Bonchev–Trinajstić information content (AvgIpc) is 2.54. The van der Waals surface area contributed by atoms with Crippen molar-refractivity contribution in [1.29, 1.82) is 0 Å². The summed E-state index contributed by atoms with van der Waals surface area (Å²) < 4.78 is 0. The molecule has 2 rings (SSSR count). The lowest BCUT2D eigenvalue weighted by Crippen LogP contribution is -2.38. The first kappa shape index (κ1) is 17.7. The molecule has 0 aliphatic carbocycles. The second-order valence-corrected chi connectivity index (χ2v) is 6.69. The molecular weight excluding hydrogens is 300 g/mol. The van der Waals surface area contributed by atoms with Crippen LogP contribution in [0.1, 0.15) is 42.3 Å². The van der Waals surface area contributed by atoms with E-state index in [-0.39, 0.29) is 17.2 Å². The number of hydrogen-bond acceptors (Lipinski definition) is 2. The van der Waals surface area contributed by atoms with Gasteiger partial charge in [-0.1, -0.05) is 43.7 Å². The summed E-state index contributed by atoms with van der Waals surface area (Å²) in [5.41, 5.74) is 3.52. The summed E-state index contributed by atoms with van der Waals surface area (Å²) in [5.74, 6) is 0.00542. The number of aryl methyl sites for hydroxylation is 1. The fourth-order valence-electron chi connectivity index (χ4n) is 2.37. The van der Waals surface area contributed by atoms with E-state index in [9.17, 15) is 9.59 Å². The van der Waals surface area contributed by atoms with Gasteiger partial charge in [-0.25, -0.2) is 4.79 Å². The second-order valence-electron chi connectivity index (χ2n) is 6.69. The number of carbonyl (C=O) groups excluding carboxylic acids is 2. The van der Waals surface area contributed by atoms with Gasteiger partial charge < -0.3 is 10.6 Å². The van der Waals surface area contributed by atoms with Crippen LogP contribution in [0.25, 0.3) is 0 Å². The van der Waals surface area contributed by atoms with Gasteiger partial charge in [-0.2, -0.15) is 0 Å². The van der Waals surface area contributed by atoms with Crippen molar-refractivity contribution in [2.45, 2.75) is 33.1 Å². The average molecular weight is 324 g/mol. The second kappa shape index (κ2) is 7.30. The number of carbonyl (C=O) groups is 2. The number of ketones is 1. The van der Waals surface area contributed by atoms with Crippen LogP contribution in [0.15, 0.2) is 48.5 Å². The number of anilines is 1. The number of Topliss-reactive ketones (excluding diaryl/α,β-unsaturated/α-hetero) is 1. The Kier molecular flexibility index (Phi) is 5.39. The highest BCUT2D eigenvalue weighted by Gasteiger charge is 2.21. The van der Waals surface area contributed by atoms with E-state index in [1.165, 1.54) is 18.1 Å². The van der Waals surface area contributed by atoms with E-state index in [1.807, 2.05) is 0 Å². The van der Waals surface area contributed by atoms with Gasteiger partial charge in [-0.15, -0.1) is 0 Å². The number of hydrogen-bond donors (Lipinski definition) is 2. The standard InChI is InChI=1S/C20H24N2O2/c1-14-5-9-17(10-6-14)20(3,4)13-21-19(24)22-18-11-7-16(8-12-18)15(2)23/h5-12H,13H2,1-4H3,(H2,21,22,24). The Hall–Kier alpha value is -2.62. The van der Waals surface area contributed by atoms with Crippen molar-refractivity contribution in [3.63, 3.8) is 0 Å². The van der Waals surface area contributed by atoms with Crippen LogP contribution in [0.5, 0.6) is 0 Å². The van der Waals surface area contributed by atoms with Crippen LogP contribution >= 0.6 is 0 Å². The SMILES string of the molecule is CC(=O)c1ccc(NC(=O)NCC(C)(C)c2ccc(C)cc2)cc1. The van der Waals surface area contributed by atoms with Crippen molar-refractivity contribution >= 4 is 17.5 Å². The highest BCUT2D eigenvalue weighted by atomic mass is 16.2. The van der Waals surface area contributed by atoms with Crippen molar-refractivity contribution < 1.29 is 9.59 Å². The molecule has 0 spiro atoms. The minimum absolute atomic E-state index is 0.00542. The molecule has 2 N–H and O–H groups in total. The van der Waals surface area contributed by atoms with Gasteiger partial charge in [0.2, 0.25) is 0 Å². The Bertz CT molecular complexity index is 716. The van der Waals surface area contributed by atoms with Gasteiger partial charge in [0.05, 0.1) is 0 Å². The van der Waals surface area contributed by atoms with Gasteiger partial charge in [-0.05, 0) is 43.7 Å². The topological polar surface area (TPSA) is 58.2 Å². The number of rotatable bonds is 5. The Morgan fingerprint density at radius 1 is 0.958 bits per heavy atom. The molecular formula is C20H24N2O2. The number of benzene rings is 2. The molecule has 4 heteroatoms. The maximum Gasteiger partial charge on any atom is 0.319 e. The maximum atomic E-state index is 12.1. The zero-order valence-corrected chi connectivity index (χ0v) is 14.6. The molecule has 24 heavy (non-hydrogen) atoms. The van der Waals surface area contributed by atoms with Gasteiger partial charge in [0, 0.05) is 23.2 Å². The fourth-order valence-corrected chi connectivity index (χ4v) is 2.37. The molecule has 2 aromatic rings. The van der Waals surface area contributed by atoms with Gasteiger partial charge >= 0.3 is 6.03 Å². The van der Waals surface area contributed by atoms with Crippen molar-refractivity contribution in [1.82, 2.24) is 5.32 Å². The van der Waals surface area contributed by atoms with Crippen LogP contribution in [0.2, 0.25) is 0 Å². The van der Waals surface area contributed by atoms with Crippen LogP contribution < -0.4 is 10.6 Å². The van der Waals surface area contributed by atoms with E-state index in [0.29, 0.717) is 17.8 Å². The van der Waals surface area contributed by atoms with Crippen LogP contribution in [0.4, 0.5) is 10.5 Å². The molecule has 0 bridgehead atoms. The molecule has 0 saturated heterocycles. The van der Waals surface area contributed by atoms with Gasteiger partial charge in [0.15, 0.2) is 5.78 Å². The Morgan fingerprint density at radius 3 is 2.08 bits per heavy atom. The van der Waals surface area contributed by atoms with Crippen LogP contribution in [-0.2, 0) is 5.41 Å². The fraction of sp³-hybridized carbons (Fsp3) is 0.300. The third-order valence-corrected chi connectivity index (χ3v) is 4.07. The predicted molar refractivity (Wildman–Crippen MR) is 97.7 cm³/mol. The summed E-state index contributed by atoms with van der Waals surface area (Å²) >= 11 is 0. The molecule has 2 aromatic carbocycles. The summed E-state index contributed by atoms with van der Waals surface area (Å²) in [6, 6.07) is 14.9. The number of urea groups is 1. The van der Waals surface area contributed by atoms with E-state index in [4.69, 9.17) is 0 Å². The molecule has 0 fully saturated rings. The lowest BCUT2D eigenvalue weighted by molar-refractivity contribution is 0.101. The van der Waals surface area contributed by atoms with Crippen molar-refractivity contribution in [2.75, 3.05) is 11.9 Å². The quantitative estimate of drug-likeness (QED) is 0.806. The van der Waals surface area contributed by atoms with Crippen molar-refractivity contribution in [2.24, 2.45) is 0 Å². The third kappa shape index (κ3) is 4.69. The van der Waals surface area contributed by atoms with Crippen LogP contribution in [0, 0.1) is 6.92 Å². The highest BCUT2D eigenvalue weighted by molar-refractivity contribution is 5.95. The minimum atomic E-state index is -0.259. The van der Waals surface area contributed by atoms with E-state index in [2.05, 4.69) is 55.7 Å². The molecule has 0 aliphatic heterocycles. The predicted octanol–water partition coefficient (Wildman–Crippen LogP) is 4.30. The smallest absolute Gasteiger partial charge is 0.319 e. The van der Waals surface area contributed by atoms with E-state index < -0.39 is 0 Å². The molecule has 0 heterocycles. The normalized spacial score (nSPS) is 11.0. The minimum Gasteiger partial charge on any atom is -0.337 e. The third-order valence-electron chi connectivity index (χ3n) is 4.07. The maximum absolute atomic E-state index is 12.1. The van der Waals surface area contributed by atoms with Crippen LogP contribution in [0.3, 0.4) is 0 Å². The molecule has 0 radical (unpaired) electrons. The zero-order chi connectivity index (χ0) is 17.7. The van der Waals surface area contributed by atoms with Crippen LogP contribution in [-0.4, -0.2) is 18.4 Å². The number of nitrogens with one attached hydrogen (secondary N) is 2. The first-order valence-electron chi connectivity index (χ1n) is 8.01. The summed E-state index contributed by atoms with van der Waals surface area (Å²) in [7, 11) is 0. The van der Waals surface area contributed by atoms with Crippen molar-refractivity contribution in [3.05, 3.63) is 65.2 Å². The molecule has 0 unspecified atom stereocenters. The molecule has 2 amide bonds. The summed E-state index contributed by atoms with van der Waals surface area (Å²) in [6.07, 6.45) is 0.